The van der Waals surface area contributed by atoms with E-state index in [1.807, 2.05) is 42.6 Å². The Morgan fingerprint density at radius 2 is 1.69 bits per heavy atom. The minimum Gasteiger partial charge on any atom is -0.497 e. The van der Waals surface area contributed by atoms with Gasteiger partial charge in [-0.1, -0.05) is 6.07 Å². The van der Waals surface area contributed by atoms with Gasteiger partial charge in [-0.05, 0) is 36.2 Å². The second-order valence-electron chi connectivity index (χ2n) is 6.53. The number of fused-ring (bicyclic) bond motifs is 1. The van der Waals surface area contributed by atoms with Crippen molar-refractivity contribution in [2.45, 2.75) is 12.8 Å². The van der Waals surface area contributed by atoms with E-state index in [1.54, 1.807) is 27.5 Å². The topological polar surface area (TPSA) is 82.2 Å². The summed E-state index contributed by atoms with van der Waals surface area (Å²) in [6.45, 7) is 0. The number of pyridine rings is 2. The van der Waals surface area contributed by atoms with Gasteiger partial charge in [-0.15, -0.1) is 0 Å². The average molecular weight is 390 g/mol. The van der Waals surface area contributed by atoms with Crippen LogP contribution in [0, 0.1) is 0 Å². The van der Waals surface area contributed by atoms with Crippen molar-refractivity contribution in [3.05, 3.63) is 60.3 Å². The molecule has 0 aliphatic rings. The molecule has 0 fully saturated rings. The lowest BCUT2D eigenvalue weighted by atomic mass is 10.1. The number of hydrogen-bond acceptors (Lipinski definition) is 6. The summed E-state index contributed by atoms with van der Waals surface area (Å²) in [5.74, 6) is 3.06. The highest BCUT2D eigenvalue weighted by atomic mass is 16.5. The van der Waals surface area contributed by atoms with Crippen molar-refractivity contribution in [2.24, 2.45) is 0 Å². The van der Waals surface area contributed by atoms with Crippen LogP contribution in [0.3, 0.4) is 0 Å². The van der Waals surface area contributed by atoms with Gasteiger partial charge in [0.15, 0.2) is 17.1 Å². The molecule has 4 aromatic rings. The van der Waals surface area contributed by atoms with Gasteiger partial charge in [0.2, 0.25) is 0 Å². The summed E-state index contributed by atoms with van der Waals surface area (Å²) in [6.07, 6.45) is 5.08. The number of H-pyrrole nitrogens is 1. The van der Waals surface area contributed by atoms with Crippen LogP contribution in [0.15, 0.2) is 48.8 Å². The molecule has 7 heteroatoms. The summed E-state index contributed by atoms with van der Waals surface area (Å²) in [5, 5.41) is 0. The Morgan fingerprint density at radius 3 is 2.48 bits per heavy atom. The number of methoxy groups -OCH3 is 3. The summed E-state index contributed by atoms with van der Waals surface area (Å²) in [6, 6.07) is 11.6. The monoisotopic (exact) mass is 390 g/mol. The van der Waals surface area contributed by atoms with Gasteiger partial charge in [0, 0.05) is 36.1 Å². The van der Waals surface area contributed by atoms with E-state index in [2.05, 4.69) is 15.0 Å². The van der Waals surface area contributed by atoms with Gasteiger partial charge < -0.3 is 19.2 Å². The van der Waals surface area contributed by atoms with Gasteiger partial charge >= 0.3 is 0 Å². The first-order valence-electron chi connectivity index (χ1n) is 9.26. The summed E-state index contributed by atoms with van der Waals surface area (Å²) in [7, 11) is 4.90. The highest BCUT2D eigenvalue weighted by Crippen LogP contribution is 2.32. The summed E-state index contributed by atoms with van der Waals surface area (Å²) in [4.78, 5) is 16.9. The minimum absolute atomic E-state index is 0.679. The fourth-order valence-electron chi connectivity index (χ4n) is 3.20. The number of hydrogen-bond donors (Lipinski definition) is 1. The molecular weight excluding hydrogens is 368 g/mol. The maximum absolute atomic E-state index is 5.40. The van der Waals surface area contributed by atoms with Gasteiger partial charge in [-0.3, -0.25) is 4.98 Å². The van der Waals surface area contributed by atoms with Crippen LogP contribution in [0.1, 0.15) is 11.5 Å². The molecule has 7 nitrogen and oxygen atoms in total. The number of benzene rings is 1. The number of imidazole rings is 1. The van der Waals surface area contributed by atoms with Crippen molar-refractivity contribution in [3.8, 4) is 28.4 Å². The van der Waals surface area contributed by atoms with Crippen LogP contribution in [-0.2, 0) is 12.8 Å². The van der Waals surface area contributed by atoms with E-state index in [-0.39, 0.29) is 0 Å². The van der Waals surface area contributed by atoms with Crippen LogP contribution in [0.4, 0.5) is 0 Å². The number of ether oxygens (including phenoxy) is 3. The quantitative estimate of drug-likeness (QED) is 0.516. The maximum atomic E-state index is 5.40. The van der Waals surface area contributed by atoms with Crippen LogP contribution in [0.25, 0.3) is 22.3 Å². The molecule has 0 unspecified atom stereocenters. The Bertz CT molecular complexity index is 1140. The highest BCUT2D eigenvalue weighted by Gasteiger charge is 2.10. The molecule has 0 radical (unpaired) electrons. The lowest BCUT2D eigenvalue weighted by Gasteiger charge is -2.09. The van der Waals surface area contributed by atoms with Crippen LogP contribution in [-0.4, -0.2) is 41.3 Å². The third kappa shape index (κ3) is 3.99. The molecule has 3 aromatic heterocycles. The lowest BCUT2D eigenvalue weighted by Crippen LogP contribution is -1.96. The van der Waals surface area contributed by atoms with Gasteiger partial charge in [0.25, 0.3) is 0 Å². The number of nitrogens with one attached hydrogen (secondary N) is 1. The Kier molecular flexibility index (Phi) is 5.29. The van der Waals surface area contributed by atoms with E-state index in [0.717, 1.165) is 52.4 Å². The molecule has 0 saturated heterocycles. The van der Waals surface area contributed by atoms with Gasteiger partial charge in [-0.2, -0.15) is 0 Å². The fraction of sp³-hybridized carbons (Fsp3) is 0.227. The number of aromatic amines is 1. The van der Waals surface area contributed by atoms with Crippen molar-refractivity contribution < 1.29 is 14.2 Å². The standard InChI is InChI=1S/C22H22N4O3/c1-27-17-8-9-23-16(12-17)5-7-21-25-18-10-15(13-24-22(18)26-21)14-4-6-19(28-2)20(11-14)29-3/h4,6,8-13H,5,7H2,1-3H3,(H,24,25,26). The SMILES string of the molecule is COc1ccnc(CCc2nc3cc(-c4ccc(OC)c(OC)c4)cnc3[nH]2)c1. The smallest absolute Gasteiger partial charge is 0.161 e. The molecule has 0 atom stereocenters. The summed E-state index contributed by atoms with van der Waals surface area (Å²) in [5.41, 5.74) is 4.51. The van der Waals surface area contributed by atoms with Crippen molar-refractivity contribution >= 4 is 11.2 Å². The van der Waals surface area contributed by atoms with Gasteiger partial charge in [0.1, 0.15) is 17.1 Å². The second kappa shape index (κ2) is 8.18. The summed E-state index contributed by atoms with van der Waals surface area (Å²) < 4.78 is 16.0. The zero-order chi connectivity index (χ0) is 20.2. The van der Waals surface area contributed by atoms with Crippen molar-refractivity contribution in [2.75, 3.05) is 21.3 Å². The van der Waals surface area contributed by atoms with E-state index >= 15 is 0 Å². The zero-order valence-electron chi connectivity index (χ0n) is 16.6. The number of rotatable bonds is 7. The van der Waals surface area contributed by atoms with Crippen LogP contribution >= 0.6 is 0 Å². The van der Waals surface area contributed by atoms with Crippen LogP contribution < -0.4 is 14.2 Å². The average Bonchev–Trinajstić information content (AvgIpc) is 3.19. The van der Waals surface area contributed by atoms with Gasteiger partial charge in [0.05, 0.1) is 21.3 Å². The van der Waals surface area contributed by atoms with Crippen LogP contribution in [0.2, 0.25) is 0 Å². The first-order valence-corrected chi connectivity index (χ1v) is 9.26. The predicted octanol–water partition coefficient (Wildman–Crippen LogP) is 3.83. The van der Waals surface area contributed by atoms with E-state index in [9.17, 15) is 0 Å². The lowest BCUT2D eigenvalue weighted by molar-refractivity contribution is 0.355. The highest BCUT2D eigenvalue weighted by molar-refractivity contribution is 5.78. The van der Waals surface area contributed by atoms with E-state index in [0.29, 0.717) is 11.5 Å². The molecule has 0 aliphatic carbocycles. The Morgan fingerprint density at radius 1 is 0.828 bits per heavy atom. The first kappa shape index (κ1) is 18.7. The van der Waals surface area contributed by atoms with Crippen LogP contribution in [0.5, 0.6) is 17.2 Å². The Hall–Kier alpha value is -3.61. The molecule has 0 aliphatic heterocycles. The molecule has 1 N–H and O–H groups in total. The first-order chi connectivity index (χ1) is 14.2. The van der Waals surface area contributed by atoms with E-state index in [1.165, 1.54) is 0 Å². The number of aryl methyl sites for hydroxylation is 2. The van der Waals surface area contributed by atoms with Crippen molar-refractivity contribution in [1.82, 2.24) is 19.9 Å². The summed E-state index contributed by atoms with van der Waals surface area (Å²) >= 11 is 0. The molecule has 4 rings (SSSR count). The van der Waals surface area contributed by atoms with Gasteiger partial charge in [-0.25, -0.2) is 9.97 Å². The van der Waals surface area contributed by atoms with Crippen molar-refractivity contribution in [1.29, 1.82) is 0 Å². The number of aromatic nitrogens is 4. The molecule has 3 heterocycles. The molecule has 1 aromatic carbocycles. The maximum Gasteiger partial charge on any atom is 0.161 e. The third-order valence-corrected chi connectivity index (χ3v) is 4.74. The molecule has 29 heavy (non-hydrogen) atoms. The van der Waals surface area contributed by atoms with E-state index in [4.69, 9.17) is 19.2 Å². The predicted molar refractivity (Wildman–Crippen MR) is 111 cm³/mol. The fourth-order valence-corrected chi connectivity index (χ4v) is 3.20. The largest absolute Gasteiger partial charge is 0.497 e. The Balaban J connectivity index is 1.56. The second-order valence-corrected chi connectivity index (χ2v) is 6.53. The molecular formula is C22H22N4O3. The molecule has 0 amide bonds. The Labute approximate surface area is 168 Å². The minimum atomic E-state index is 0.679. The normalized spacial score (nSPS) is 10.9. The molecule has 0 bridgehead atoms. The molecule has 0 spiro atoms. The van der Waals surface area contributed by atoms with Crippen molar-refractivity contribution in [3.63, 3.8) is 0 Å². The molecule has 0 saturated carbocycles. The molecule has 148 valence electrons. The van der Waals surface area contributed by atoms with E-state index < -0.39 is 0 Å². The zero-order valence-corrected chi connectivity index (χ0v) is 16.6. The number of nitrogens with zero attached hydrogens (tertiary/aromatic N) is 3. The third-order valence-electron chi connectivity index (χ3n) is 4.74.